The van der Waals surface area contributed by atoms with Crippen LogP contribution in [0.5, 0.6) is 0 Å². The molecule has 116 valence electrons. The van der Waals surface area contributed by atoms with Gasteiger partial charge in [0, 0.05) is 3.57 Å². The summed E-state index contributed by atoms with van der Waals surface area (Å²) in [6.07, 6.45) is -10.2. The van der Waals surface area contributed by atoms with Crippen LogP contribution in [-0.4, -0.2) is 23.2 Å². The molecule has 0 saturated carbocycles. The second-order valence-electron chi connectivity index (χ2n) is 3.64. The van der Waals surface area contributed by atoms with Gasteiger partial charge in [-0.1, -0.05) is 0 Å². The summed E-state index contributed by atoms with van der Waals surface area (Å²) in [5.74, 6) is -4.39. The highest BCUT2D eigenvalue weighted by molar-refractivity contribution is 14.1. The Kier molecular flexibility index (Phi) is 4.75. The molecule has 1 aromatic rings. The molecule has 0 aliphatic carbocycles. The molecule has 0 aliphatic rings. The fourth-order valence-corrected chi connectivity index (χ4v) is 2.01. The molecule has 0 fully saturated rings. The molecule has 0 unspecified atom stereocenters. The first-order valence-electron chi connectivity index (χ1n) is 4.86. The van der Waals surface area contributed by atoms with E-state index in [1.807, 2.05) is 0 Å². The first kappa shape index (κ1) is 17.5. The monoisotopic (exact) mass is 427 g/mol. The maximum Gasteiger partial charge on any atom is 0.471 e. The summed E-state index contributed by atoms with van der Waals surface area (Å²) < 4.78 is 73.5. The minimum absolute atomic E-state index is 0.149. The lowest BCUT2D eigenvalue weighted by atomic mass is 10.1. The van der Waals surface area contributed by atoms with E-state index < -0.39 is 44.6 Å². The minimum Gasteiger partial charge on any atom is -0.478 e. The van der Waals surface area contributed by atoms with Crippen molar-refractivity contribution >= 4 is 40.2 Å². The quantitative estimate of drug-likeness (QED) is 0.561. The third-order valence-electron chi connectivity index (χ3n) is 2.14. The van der Waals surface area contributed by atoms with Gasteiger partial charge in [-0.05, 0) is 34.7 Å². The van der Waals surface area contributed by atoms with E-state index in [-0.39, 0.29) is 6.07 Å². The first-order valence-corrected chi connectivity index (χ1v) is 5.94. The smallest absolute Gasteiger partial charge is 0.471 e. The van der Waals surface area contributed by atoms with Crippen molar-refractivity contribution in [3.63, 3.8) is 0 Å². The van der Waals surface area contributed by atoms with Gasteiger partial charge in [0.05, 0.1) is 16.8 Å². The molecule has 1 aromatic carbocycles. The van der Waals surface area contributed by atoms with Crippen LogP contribution >= 0.6 is 22.6 Å². The third-order valence-corrected chi connectivity index (χ3v) is 2.99. The summed E-state index contributed by atoms with van der Waals surface area (Å²) in [6.45, 7) is 0. The maximum absolute atomic E-state index is 12.5. The number of anilines is 1. The highest BCUT2D eigenvalue weighted by atomic mass is 127. The van der Waals surface area contributed by atoms with E-state index in [1.165, 1.54) is 27.9 Å². The second-order valence-corrected chi connectivity index (χ2v) is 4.80. The molecule has 11 heteroatoms. The molecule has 0 bridgehead atoms. The van der Waals surface area contributed by atoms with Crippen molar-refractivity contribution in [1.82, 2.24) is 0 Å². The Morgan fingerprint density at radius 3 is 2.00 bits per heavy atom. The predicted molar refractivity (Wildman–Crippen MR) is 65.8 cm³/mol. The van der Waals surface area contributed by atoms with Gasteiger partial charge in [-0.2, -0.15) is 26.3 Å². The van der Waals surface area contributed by atoms with Crippen LogP contribution in [-0.2, 0) is 11.0 Å². The van der Waals surface area contributed by atoms with Gasteiger partial charge in [0.15, 0.2) is 0 Å². The Bertz CT molecular complexity index is 596. The number of aromatic carboxylic acids is 1. The number of carbonyl (C=O) groups is 2. The molecule has 21 heavy (non-hydrogen) atoms. The maximum atomic E-state index is 12.5. The molecular weight excluding hydrogens is 423 g/mol. The summed E-state index contributed by atoms with van der Waals surface area (Å²) in [7, 11) is 0. The fourth-order valence-electron chi connectivity index (χ4n) is 1.25. The van der Waals surface area contributed by atoms with Crippen molar-refractivity contribution in [2.75, 3.05) is 5.32 Å². The Morgan fingerprint density at radius 2 is 1.62 bits per heavy atom. The number of amides is 1. The first-order chi connectivity index (χ1) is 9.34. The van der Waals surface area contributed by atoms with Crippen LogP contribution in [0, 0.1) is 3.57 Å². The van der Waals surface area contributed by atoms with Crippen LogP contribution < -0.4 is 5.32 Å². The van der Waals surface area contributed by atoms with E-state index in [9.17, 15) is 35.9 Å². The molecule has 2 N–H and O–H groups in total. The van der Waals surface area contributed by atoms with E-state index in [0.29, 0.717) is 6.07 Å². The summed E-state index contributed by atoms with van der Waals surface area (Å²) in [6, 6.07) is 0.579. The molecule has 0 aliphatic heterocycles. The molecule has 0 saturated heterocycles. The standard InChI is InChI=1S/C10H4F6INO3/c11-9(12,13)3-1-4(7(19)20)6(5(17)2-3)18-8(21)10(14,15)16/h1-2H,(H,18,21)(H,19,20). The van der Waals surface area contributed by atoms with Crippen molar-refractivity contribution in [1.29, 1.82) is 0 Å². The lowest BCUT2D eigenvalue weighted by molar-refractivity contribution is -0.167. The topological polar surface area (TPSA) is 66.4 Å². The SMILES string of the molecule is O=C(O)c1cc(C(F)(F)F)cc(I)c1NC(=O)C(F)(F)F. The molecule has 1 amide bonds. The van der Waals surface area contributed by atoms with E-state index in [0.717, 1.165) is 0 Å². The number of carboxylic acids is 1. The number of carboxylic acid groups (broad SMARTS) is 1. The molecule has 1 rings (SSSR count). The highest BCUT2D eigenvalue weighted by Gasteiger charge is 2.40. The molecule has 0 heterocycles. The van der Waals surface area contributed by atoms with Gasteiger partial charge in [-0.3, -0.25) is 4.79 Å². The van der Waals surface area contributed by atoms with E-state index in [1.54, 1.807) is 0 Å². The number of hydrogen-bond donors (Lipinski definition) is 2. The van der Waals surface area contributed by atoms with Crippen LogP contribution in [0.15, 0.2) is 12.1 Å². The fraction of sp³-hybridized carbons (Fsp3) is 0.200. The molecule has 0 spiro atoms. The normalized spacial score (nSPS) is 12.1. The van der Waals surface area contributed by atoms with Crippen LogP contribution in [0.1, 0.15) is 15.9 Å². The van der Waals surface area contributed by atoms with E-state index in [4.69, 9.17) is 5.11 Å². The third kappa shape index (κ3) is 4.22. The van der Waals surface area contributed by atoms with Crippen molar-refractivity contribution in [2.45, 2.75) is 12.4 Å². The van der Waals surface area contributed by atoms with Gasteiger partial charge >= 0.3 is 24.2 Å². The van der Waals surface area contributed by atoms with Crippen LogP contribution in [0.4, 0.5) is 32.0 Å². The minimum atomic E-state index is -5.30. The van der Waals surface area contributed by atoms with Crippen molar-refractivity contribution < 1.29 is 41.0 Å². The number of benzene rings is 1. The Labute approximate surface area is 126 Å². The summed E-state index contributed by atoms with van der Waals surface area (Å²) in [5, 5.41) is 10.1. The molecule has 0 radical (unpaired) electrons. The zero-order chi connectivity index (χ0) is 16.6. The Morgan fingerprint density at radius 1 is 1.10 bits per heavy atom. The van der Waals surface area contributed by atoms with Gasteiger partial charge in [0.25, 0.3) is 0 Å². The molecule has 0 atom stereocenters. The van der Waals surface area contributed by atoms with Gasteiger partial charge in [-0.15, -0.1) is 0 Å². The lowest BCUT2D eigenvalue weighted by Gasteiger charge is -2.15. The summed E-state index contributed by atoms with van der Waals surface area (Å²) in [5.41, 5.74) is -3.29. The van der Waals surface area contributed by atoms with Crippen molar-refractivity contribution in [3.8, 4) is 0 Å². The number of carbonyl (C=O) groups excluding carboxylic acids is 1. The van der Waals surface area contributed by atoms with Gasteiger partial charge in [0.2, 0.25) is 0 Å². The average molecular weight is 427 g/mol. The number of hydrogen-bond acceptors (Lipinski definition) is 2. The largest absolute Gasteiger partial charge is 0.478 e. The predicted octanol–water partition coefficient (Wildman–Crippen LogP) is 3.51. The molecule has 0 aromatic heterocycles. The van der Waals surface area contributed by atoms with Crippen molar-refractivity contribution in [2.24, 2.45) is 0 Å². The number of nitrogens with one attached hydrogen (secondary N) is 1. The zero-order valence-electron chi connectivity index (χ0n) is 9.56. The van der Waals surface area contributed by atoms with Gasteiger partial charge in [0.1, 0.15) is 0 Å². The highest BCUT2D eigenvalue weighted by Crippen LogP contribution is 2.35. The van der Waals surface area contributed by atoms with Crippen LogP contribution in [0.25, 0.3) is 0 Å². The van der Waals surface area contributed by atoms with E-state index >= 15 is 0 Å². The lowest BCUT2D eigenvalue weighted by Crippen LogP contribution is -2.31. The molecule has 4 nitrogen and oxygen atoms in total. The van der Waals surface area contributed by atoms with Crippen LogP contribution in [0.2, 0.25) is 0 Å². The summed E-state index contributed by atoms with van der Waals surface area (Å²) in [4.78, 5) is 21.7. The van der Waals surface area contributed by atoms with Gasteiger partial charge in [-0.25, -0.2) is 4.79 Å². The second kappa shape index (κ2) is 5.69. The molecular formula is C10H4F6INO3. The number of rotatable bonds is 2. The van der Waals surface area contributed by atoms with Gasteiger partial charge < -0.3 is 10.4 Å². The summed E-state index contributed by atoms with van der Waals surface area (Å²) >= 11 is 1.20. The zero-order valence-corrected chi connectivity index (χ0v) is 11.7. The average Bonchev–Trinajstić information content (AvgIpc) is 2.28. The van der Waals surface area contributed by atoms with Crippen LogP contribution in [0.3, 0.4) is 0 Å². The van der Waals surface area contributed by atoms with E-state index in [2.05, 4.69) is 0 Å². The Balaban J connectivity index is 3.40. The number of halogens is 7. The number of alkyl halides is 6. The Hall–Kier alpha value is -1.53. The van der Waals surface area contributed by atoms with Crippen molar-refractivity contribution in [3.05, 3.63) is 26.8 Å².